The second-order valence-electron chi connectivity index (χ2n) is 4.51. The summed E-state index contributed by atoms with van der Waals surface area (Å²) in [6.07, 6.45) is 1.61. The Morgan fingerprint density at radius 1 is 1.39 bits per heavy atom. The SMILES string of the molecule is CCn1ncnc1CN[C@H](C)c1cccc(C)c1. The van der Waals surface area contributed by atoms with Gasteiger partial charge in [0.15, 0.2) is 0 Å². The summed E-state index contributed by atoms with van der Waals surface area (Å²) in [6, 6.07) is 8.88. The number of hydrogen-bond acceptors (Lipinski definition) is 3. The van der Waals surface area contributed by atoms with E-state index in [0.717, 1.165) is 18.9 Å². The van der Waals surface area contributed by atoms with Gasteiger partial charge in [-0.15, -0.1) is 0 Å². The maximum Gasteiger partial charge on any atom is 0.140 e. The highest BCUT2D eigenvalue weighted by atomic mass is 15.3. The molecule has 0 unspecified atom stereocenters. The van der Waals surface area contributed by atoms with Gasteiger partial charge in [-0.3, -0.25) is 0 Å². The van der Waals surface area contributed by atoms with Crippen LogP contribution in [0.3, 0.4) is 0 Å². The Kier molecular flexibility index (Phi) is 4.10. The standard InChI is InChI=1S/C14H20N4/c1-4-18-14(16-10-17-18)9-15-12(3)13-7-5-6-11(2)8-13/h5-8,10,12,15H,4,9H2,1-3H3/t12-/m1/s1. The van der Waals surface area contributed by atoms with Crippen LogP contribution >= 0.6 is 0 Å². The molecule has 1 heterocycles. The van der Waals surface area contributed by atoms with Crippen LogP contribution in [-0.4, -0.2) is 14.8 Å². The molecule has 0 saturated carbocycles. The first kappa shape index (κ1) is 12.8. The number of nitrogens with one attached hydrogen (secondary N) is 1. The first-order chi connectivity index (χ1) is 8.70. The maximum absolute atomic E-state index is 4.26. The van der Waals surface area contributed by atoms with Gasteiger partial charge in [0.25, 0.3) is 0 Å². The van der Waals surface area contributed by atoms with Crippen molar-refractivity contribution in [2.75, 3.05) is 0 Å². The van der Waals surface area contributed by atoms with Crippen molar-refractivity contribution in [3.63, 3.8) is 0 Å². The van der Waals surface area contributed by atoms with E-state index in [-0.39, 0.29) is 0 Å². The van der Waals surface area contributed by atoms with E-state index in [1.54, 1.807) is 6.33 Å². The first-order valence-corrected chi connectivity index (χ1v) is 6.37. The molecule has 0 radical (unpaired) electrons. The van der Waals surface area contributed by atoms with Gasteiger partial charge in [0.05, 0.1) is 6.54 Å². The minimum absolute atomic E-state index is 0.312. The number of aromatic nitrogens is 3. The fourth-order valence-corrected chi connectivity index (χ4v) is 1.99. The lowest BCUT2D eigenvalue weighted by Crippen LogP contribution is -2.21. The van der Waals surface area contributed by atoms with Crippen molar-refractivity contribution in [3.8, 4) is 0 Å². The smallest absolute Gasteiger partial charge is 0.140 e. The summed E-state index contributed by atoms with van der Waals surface area (Å²) in [6.45, 7) is 7.95. The molecule has 2 rings (SSSR count). The summed E-state index contributed by atoms with van der Waals surface area (Å²) in [7, 11) is 0. The third-order valence-electron chi connectivity index (χ3n) is 3.10. The van der Waals surface area contributed by atoms with E-state index in [9.17, 15) is 0 Å². The van der Waals surface area contributed by atoms with Gasteiger partial charge in [0.1, 0.15) is 12.2 Å². The van der Waals surface area contributed by atoms with Crippen LogP contribution in [0.1, 0.15) is 36.8 Å². The van der Waals surface area contributed by atoms with Gasteiger partial charge in [-0.05, 0) is 26.3 Å². The Hall–Kier alpha value is -1.68. The molecule has 0 spiro atoms. The van der Waals surface area contributed by atoms with Crippen LogP contribution in [-0.2, 0) is 13.1 Å². The molecule has 4 heteroatoms. The Bertz CT molecular complexity index is 504. The van der Waals surface area contributed by atoms with Crippen molar-refractivity contribution in [2.45, 2.75) is 39.9 Å². The normalized spacial score (nSPS) is 12.6. The van der Waals surface area contributed by atoms with E-state index in [1.165, 1.54) is 11.1 Å². The predicted octanol–water partition coefficient (Wildman–Crippen LogP) is 2.46. The van der Waals surface area contributed by atoms with Crippen molar-refractivity contribution >= 4 is 0 Å². The van der Waals surface area contributed by atoms with Crippen LogP contribution in [0.5, 0.6) is 0 Å². The fraction of sp³-hybridized carbons (Fsp3) is 0.429. The molecule has 2 aromatic rings. The molecule has 96 valence electrons. The van der Waals surface area contributed by atoms with Crippen LogP contribution in [0.25, 0.3) is 0 Å². The first-order valence-electron chi connectivity index (χ1n) is 6.37. The highest BCUT2D eigenvalue weighted by molar-refractivity contribution is 5.24. The summed E-state index contributed by atoms with van der Waals surface area (Å²) >= 11 is 0. The van der Waals surface area contributed by atoms with Crippen molar-refractivity contribution < 1.29 is 0 Å². The lowest BCUT2D eigenvalue weighted by Gasteiger charge is -2.14. The van der Waals surface area contributed by atoms with Crippen molar-refractivity contribution in [1.29, 1.82) is 0 Å². The molecule has 18 heavy (non-hydrogen) atoms. The van der Waals surface area contributed by atoms with Gasteiger partial charge < -0.3 is 5.32 Å². The second-order valence-corrected chi connectivity index (χ2v) is 4.51. The van der Waals surface area contributed by atoms with E-state index >= 15 is 0 Å². The molecule has 1 atom stereocenters. The zero-order valence-corrected chi connectivity index (χ0v) is 11.2. The quantitative estimate of drug-likeness (QED) is 0.878. The van der Waals surface area contributed by atoms with Gasteiger partial charge in [0, 0.05) is 12.6 Å². The van der Waals surface area contributed by atoms with Crippen molar-refractivity contribution in [2.24, 2.45) is 0 Å². The highest BCUT2D eigenvalue weighted by Crippen LogP contribution is 2.14. The Balaban J connectivity index is 1.98. The third kappa shape index (κ3) is 2.96. The number of rotatable bonds is 5. The third-order valence-corrected chi connectivity index (χ3v) is 3.10. The molecule has 0 aliphatic rings. The van der Waals surface area contributed by atoms with Crippen LogP contribution in [0.4, 0.5) is 0 Å². The van der Waals surface area contributed by atoms with Gasteiger partial charge >= 0.3 is 0 Å². The van der Waals surface area contributed by atoms with E-state index in [1.807, 2.05) is 4.68 Å². The Morgan fingerprint density at radius 2 is 2.22 bits per heavy atom. The molecule has 0 amide bonds. The van der Waals surface area contributed by atoms with Crippen LogP contribution in [0.2, 0.25) is 0 Å². The molecule has 1 aromatic carbocycles. The van der Waals surface area contributed by atoms with Crippen LogP contribution < -0.4 is 5.32 Å². The molecule has 0 saturated heterocycles. The summed E-state index contributed by atoms with van der Waals surface area (Å²) in [5, 5.41) is 7.64. The summed E-state index contributed by atoms with van der Waals surface area (Å²) < 4.78 is 1.91. The Morgan fingerprint density at radius 3 is 2.94 bits per heavy atom. The van der Waals surface area contributed by atoms with E-state index in [4.69, 9.17) is 0 Å². The zero-order valence-electron chi connectivity index (χ0n) is 11.2. The predicted molar refractivity (Wildman–Crippen MR) is 72.1 cm³/mol. The molecule has 1 N–H and O–H groups in total. The van der Waals surface area contributed by atoms with Crippen LogP contribution in [0.15, 0.2) is 30.6 Å². The minimum Gasteiger partial charge on any atom is -0.303 e. The number of nitrogens with zero attached hydrogens (tertiary/aromatic N) is 3. The number of benzene rings is 1. The summed E-state index contributed by atoms with van der Waals surface area (Å²) in [4.78, 5) is 4.26. The minimum atomic E-state index is 0.312. The topological polar surface area (TPSA) is 42.7 Å². The summed E-state index contributed by atoms with van der Waals surface area (Å²) in [5.41, 5.74) is 2.59. The second kappa shape index (κ2) is 5.78. The molecular formula is C14H20N4. The molecule has 0 aliphatic carbocycles. The van der Waals surface area contributed by atoms with Gasteiger partial charge in [-0.1, -0.05) is 29.8 Å². The lowest BCUT2D eigenvalue weighted by atomic mass is 10.1. The van der Waals surface area contributed by atoms with Crippen molar-refractivity contribution in [3.05, 3.63) is 47.5 Å². The van der Waals surface area contributed by atoms with E-state index in [0.29, 0.717) is 6.04 Å². The van der Waals surface area contributed by atoms with E-state index < -0.39 is 0 Å². The van der Waals surface area contributed by atoms with Crippen LogP contribution in [0, 0.1) is 6.92 Å². The highest BCUT2D eigenvalue weighted by Gasteiger charge is 2.07. The number of hydrogen-bond donors (Lipinski definition) is 1. The Labute approximate surface area is 108 Å². The molecule has 0 fully saturated rings. The van der Waals surface area contributed by atoms with E-state index in [2.05, 4.69) is 60.4 Å². The summed E-state index contributed by atoms with van der Waals surface area (Å²) in [5.74, 6) is 0.983. The molecule has 4 nitrogen and oxygen atoms in total. The monoisotopic (exact) mass is 244 g/mol. The largest absolute Gasteiger partial charge is 0.303 e. The fourth-order valence-electron chi connectivity index (χ4n) is 1.99. The van der Waals surface area contributed by atoms with Gasteiger partial charge in [-0.25, -0.2) is 9.67 Å². The van der Waals surface area contributed by atoms with Crippen molar-refractivity contribution in [1.82, 2.24) is 20.1 Å². The molecular weight excluding hydrogens is 224 g/mol. The molecule has 1 aromatic heterocycles. The molecule has 0 aliphatic heterocycles. The average molecular weight is 244 g/mol. The van der Waals surface area contributed by atoms with Gasteiger partial charge in [0.2, 0.25) is 0 Å². The molecule has 0 bridgehead atoms. The average Bonchev–Trinajstić information content (AvgIpc) is 2.83. The van der Waals surface area contributed by atoms with Gasteiger partial charge in [-0.2, -0.15) is 5.10 Å². The number of aryl methyl sites for hydroxylation is 2. The zero-order chi connectivity index (χ0) is 13.0. The maximum atomic E-state index is 4.26. The lowest BCUT2D eigenvalue weighted by molar-refractivity contribution is 0.523.